The highest BCUT2D eigenvalue weighted by Gasteiger charge is 2.29. The van der Waals surface area contributed by atoms with Gasteiger partial charge in [-0.3, -0.25) is 14.6 Å². The average Bonchev–Trinajstić information content (AvgIpc) is 3.26. The van der Waals surface area contributed by atoms with Gasteiger partial charge in [0.2, 0.25) is 11.9 Å². The lowest BCUT2D eigenvalue weighted by atomic mass is 9.87. The zero-order chi connectivity index (χ0) is 22.9. The van der Waals surface area contributed by atoms with Crippen LogP contribution in [0, 0.1) is 18.8 Å². The lowest BCUT2D eigenvalue weighted by molar-refractivity contribution is -0.126. The van der Waals surface area contributed by atoms with Crippen molar-refractivity contribution in [2.45, 2.75) is 58.4 Å². The SMILES string of the molecule is Cc1ccc(-c2csc3c(=O)[nH]c(N4CCC[C@H](C(=O)NC5CCC(C)CC5)C4)nc23)cc1. The maximum Gasteiger partial charge on any atom is 0.270 e. The normalized spacial score (nSPS) is 23.6. The standard InChI is InChI=1S/C26H32N4O2S/c1-16-5-9-18(10-6-16)21-15-33-23-22(21)28-26(29-25(23)32)30-13-3-4-19(14-30)24(31)27-20-11-7-17(2)8-12-20/h5-6,9-10,15,17,19-20H,3-4,7-8,11-14H2,1-2H3,(H,27,31)(H,28,29,32)/t17?,19-,20?/m0/s1. The Balaban J connectivity index is 1.36. The second-order valence-corrected chi connectivity index (χ2v) is 10.7. The zero-order valence-electron chi connectivity index (χ0n) is 19.4. The summed E-state index contributed by atoms with van der Waals surface area (Å²) in [7, 11) is 0. The van der Waals surface area contributed by atoms with Crippen LogP contribution in [-0.2, 0) is 4.79 Å². The van der Waals surface area contributed by atoms with Crippen molar-refractivity contribution in [3.8, 4) is 11.1 Å². The number of aromatic nitrogens is 2. The summed E-state index contributed by atoms with van der Waals surface area (Å²) in [5, 5.41) is 5.31. The van der Waals surface area contributed by atoms with E-state index < -0.39 is 0 Å². The number of carbonyl (C=O) groups is 1. The monoisotopic (exact) mass is 464 g/mol. The molecule has 174 valence electrons. The fraction of sp³-hybridized carbons (Fsp3) is 0.500. The average molecular weight is 465 g/mol. The summed E-state index contributed by atoms with van der Waals surface area (Å²) < 4.78 is 0.646. The summed E-state index contributed by atoms with van der Waals surface area (Å²) in [5.74, 6) is 1.42. The number of nitrogens with one attached hydrogen (secondary N) is 2. The molecule has 1 saturated carbocycles. The van der Waals surface area contributed by atoms with E-state index in [1.807, 2.05) is 5.38 Å². The van der Waals surface area contributed by atoms with E-state index in [0.29, 0.717) is 23.2 Å². The van der Waals surface area contributed by atoms with Crippen LogP contribution in [0.4, 0.5) is 5.95 Å². The molecule has 5 rings (SSSR count). The molecule has 7 heteroatoms. The van der Waals surface area contributed by atoms with E-state index in [-0.39, 0.29) is 17.4 Å². The number of H-pyrrole nitrogens is 1. The predicted octanol–water partition coefficient (Wildman–Crippen LogP) is 4.87. The van der Waals surface area contributed by atoms with Crippen LogP contribution in [0.3, 0.4) is 0 Å². The molecule has 1 amide bonds. The Labute approximate surface area is 198 Å². The first kappa shape index (κ1) is 22.1. The fourth-order valence-electron chi connectivity index (χ4n) is 5.11. The first-order valence-electron chi connectivity index (χ1n) is 12.1. The van der Waals surface area contributed by atoms with E-state index >= 15 is 0 Å². The molecule has 0 spiro atoms. The number of benzene rings is 1. The number of anilines is 1. The molecule has 1 atom stereocenters. The first-order valence-corrected chi connectivity index (χ1v) is 13.0. The van der Waals surface area contributed by atoms with Crippen molar-refractivity contribution < 1.29 is 4.79 Å². The van der Waals surface area contributed by atoms with Crippen molar-refractivity contribution >= 4 is 33.4 Å². The van der Waals surface area contributed by atoms with Gasteiger partial charge in [0, 0.05) is 30.1 Å². The number of thiophene rings is 1. The van der Waals surface area contributed by atoms with Gasteiger partial charge in [0.25, 0.3) is 5.56 Å². The Morgan fingerprint density at radius 1 is 1.15 bits per heavy atom. The fourth-order valence-corrected chi connectivity index (χ4v) is 6.02. The highest BCUT2D eigenvalue weighted by Crippen LogP contribution is 2.32. The van der Waals surface area contributed by atoms with Gasteiger partial charge in [-0.05, 0) is 56.9 Å². The van der Waals surface area contributed by atoms with Crippen molar-refractivity contribution in [3.63, 3.8) is 0 Å². The van der Waals surface area contributed by atoms with Crippen LogP contribution in [0.5, 0.6) is 0 Å². The largest absolute Gasteiger partial charge is 0.353 e. The number of hydrogen-bond acceptors (Lipinski definition) is 5. The Kier molecular flexibility index (Phi) is 6.23. The van der Waals surface area contributed by atoms with Crippen LogP contribution in [0.25, 0.3) is 21.3 Å². The molecule has 0 bridgehead atoms. The second-order valence-electron chi connectivity index (χ2n) is 9.83. The molecule has 2 N–H and O–H groups in total. The van der Waals surface area contributed by atoms with E-state index in [9.17, 15) is 9.59 Å². The molecular formula is C26H32N4O2S. The van der Waals surface area contributed by atoms with Gasteiger partial charge in [0.1, 0.15) is 4.70 Å². The number of rotatable bonds is 4. The molecule has 33 heavy (non-hydrogen) atoms. The maximum absolute atomic E-state index is 13.0. The number of hydrogen-bond donors (Lipinski definition) is 2. The van der Waals surface area contributed by atoms with Gasteiger partial charge in [0.15, 0.2) is 0 Å². The third kappa shape index (κ3) is 4.69. The number of piperidine rings is 1. The second kappa shape index (κ2) is 9.29. The van der Waals surface area contributed by atoms with E-state index in [1.165, 1.54) is 29.7 Å². The third-order valence-corrected chi connectivity index (χ3v) is 8.20. The summed E-state index contributed by atoms with van der Waals surface area (Å²) in [6.45, 7) is 5.74. The van der Waals surface area contributed by atoms with Gasteiger partial charge >= 0.3 is 0 Å². The van der Waals surface area contributed by atoms with Crippen LogP contribution in [0.15, 0.2) is 34.4 Å². The number of amides is 1. The van der Waals surface area contributed by atoms with Crippen LogP contribution in [0.2, 0.25) is 0 Å². The minimum Gasteiger partial charge on any atom is -0.353 e. The third-order valence-electron chi connectivity index (χ3n) is 7.23. The number of aromatic amines is 1. The zero-order valence-corrected chi connectivity index (χ0v) is 20.2. The van der Waals surface area contributed by atoms with Crippen molar-refractivity contribution in [2.24, 2.45) is 11.8 Å². The molecular weight excluding hydrogens is 432 g/mol. The molecule has 3 aromatic rings. The van der Waals surface area contributed by atoms with E-state index in [0.717, 1.165) is 54.8 Å². The van der Waals surface area contributed by atoms with Crippen LogP contribution in [-0.4, -0.2) is 35.0 Å². The van der Waals surface area contributed by atoms with Gasteiger partial charge < -0.3 is 10.2 Å². The van der Waals surface area contributed by atoms with Gasteiger partial charge in [0.05, 0.1) is 11.4 Å². The Morgan fingerprint density at radius 3 is 2.67 bits per heavy atom. The molecule has 1 aliphatic carbocycles. The lowest BCUT2D eigenvalue weighted by Crippen LogP contribution is -2.47. The van der Waals surface area contributed by atoms with Crippen molar-refractivity contribution in [1.29, 1.82) is 0 Å². The van der Waals surface area contributed by atoms with Crippen LogP contribution < -0.4 is 15.8 Å². The van der Waals surface area contributed by atoms with E-state index in [4.69, 9.17) is 4.98 Å². The molecule has 2 aromatic heterocycles. The van der Waals surface area contributed by atoms with Gasteiger partial charge in [-0.1, -0.05) is 36.8 Å². The van der Waals surface area contributed by atoms with Crippen molar-refractivity contribution in [3.05, 3.63) is 45.6 Å². The number of carbonyl (C=O) groups excluding carboxylic acids is 1. The molecule has 1 aromatic carbocycles. The summed E-state index contributed by atoms with van der Waals surface area (Å²) in [6.07, 6.45) is 6.33. The summed E-state index contributed by atoms with van der Waals surface area (Å²) >= 11 is 1.43. The molecule has 3 heterocycles. The molecule has 1 aliphatic heterocycles. The highest BCUT2D eigenvalue weighted by molar-refractivity contribution is 7.17. The topological polar surface area (TPSA) is 78.1 Å². The van der Waals surface area contributed by atoms with Gasteiger partial charge in [-0.2, -0.15) is 0 Å². The summed E-state index contributed by atoms with van der Waals surface area (Å²) in [6, 6.07) is 8.61. The Morgan fingerprint density at radius 2 is 1.91 bits per heavy atom. The van der Waals surface area contributed by atoms with Crippen LogP contribution in [0.1, 0.15) is 51.0 Å². The highest BCUT2D eigenvalue weighted by atomic mass is 32.1. The number of aryl methyl sites for hydroxylation is 1. The molecule has 0 unspecified atom stereocenters. The van der Waals surface area contributed by atoms with Gasteiger partial charge in [-0.25, -0.2) is 4.98 Å². The van der Waals surface area contributed by atoms with Crippen molar-refractivity contribution in [2.75, 3.05) is 18.0 Å². The number of nitrogens with zero attached hydrogens (tertiary/aromatic N) is 2. The van der Waals surface area contributed by atoms with Crippen LogP contribution >= 0.6 is 11.3 Å². The molecule has 2 fully saturated rings. The minimum atomic E-state index is -0.110. The predicted molar refractivity (Wildman–Crippen MR) is 135 cm³/mol. The Hall–Kier alpha value is -2.67. The number of fused-ring (bicyclic) bond motifs is 1. The van der Waals surface area contributed by atoms with Gasteiger partial charge in [-0.15, -0.1) is 11.3 Å². The van der Waals surface area contributed by atoms with Crippen molar-refractivity contribution in [1.82, 2.24) is 15.3 Å². The quantitative estimate of drug-likeness (QED) is 0.577. The molecule has 2 aliphatic rings. The Bertz CT molecular complexity index is 1190. The van der Waals surface area contributed by atoms with E-state index in [2.05, 4.69) is 53.3 Å². The molecule has 0 radical (unpaired) electrons. The maximum atomic E-state index is 13.0. The minimum absolute atomic E-state index is 0.0712. The molecule has 1 saturated heterocycles. The first-order chi connectivity index (χ1) is 16.0. The summed E-state index contributed by atoms with van der Waals surface area (Å²) in [5.41, 5.74) is 3.88. The smallest absolute Gasteiger partial charge is 0.270 e. The van der Waals surface area contributed by atoms with E-state index in [1.54, 1.807) is 0 Å². The summed E-state index contributed by atoms with van der Waals surface area (Å²) in [4.78, 5) is 35.8. The molecule has 6 nitrogen and oxygen atoms in total. The lowest BCUT2D eigenvalue weighted by Gasteiger charge is -2.34.